The lowest BCUT2D eigenvalue weighted by Gasteiger charge is -2.27. The third kappa shape index (κ3) is 2.96. The van der Waals surface area contributed by atoms with Crippen LogP contribution in [-0.4, -0.2) is 37.7 Å². The minimum Gasteiger partial charge on any atom is -0.477 e. The van der Waals surface area contributed by atoms with Crippen molar-refractivity contribution in [2.45, 2.75) is 19.1 Å². The molecule has 0 spiro atoms. The molecule has 2 N–H and O–H groups in total. The fraction of sp³-hybridized carbons (Fsp3) is 0.385. The molecule has 0 radical (unpaired) electrons. The zero-order chi connectivity index (χ0) is 13.8. The fourth-order valence-corrected chi connectivity index (χ4v) is 1.80. The monoisotopic (exact) mass is 264 g/mol. The average Bonchev–Trinajstić information content (AvgIpc) is 2.45. The number of esters is 1. The normalized spacial score (nSPS) is 18.3. The van der Waals surface area contributed by atoms with Gasteiger partial charge in [0.05, 0.1) is 19.3 Å². The van der Waals surface area contributed by atoms with Gasteiger partial charge >= 0.3 is 5.97 Å². The number of hydrogen-bond acceptors (Lipinski definition) is 5. The highest BCUT2D eigenvalue weighted by Crippen LogP contribution is 2.28. The molecule has 0 saturated carbocycles. The number of para-hydroxylation sites is 2. The van der Waals surface area contributed by atoms with Crippen molar-refractivity contribution in [1.29, 1.82) is 0 Å². The Bertz CT molecular complexity index is 489. The third-order valence-electron chi connectivity index (χ3n) is 2.84. The molecule has 0 fully saturated rings. The highest BCUT2D eigenvalue weighted by molar-refractivity contribution is 5.87. The molecule has 6 nitrogen and oxygen atoms in total. The SMILES string of the molecule is COC(=O)[C@H](C)NC(=O)C1CNc2ccccc2O1. The van der Waals surface area contributed by atoms with E-state index >= 15 is 0 Å². The number of benzene rings is 1. The van der Waals surface area contributed by atoms with Crippen molar-refractivity contribution in [3.8, 4) is 5.75 Å². The molecule has 1 amide bonds. The van der Waals surface area contributed by atoms with Crippen LogP contribution < -0.4 is 15.4 Å². The number of carbonyl (C=O) groups excluding carboxylic acids is 2. The largest absolute Gasteiger partial charge is 0.477 e. The molecule has 1 heterocycles. The number of ether oxygens (including phenoxy) is 2. The molecule has 19 heavy (non-hydrogen) atoms. The standard InChI is InChI=1S/C13H16N2O4/c1-8(13(17)18-2)15-12(16)11-7-14-9-5-3-4-6-10(9)19-11/h3-6,8,11,14H,7H2,1-2H3,(H,15,16)/t8-,11?/m0/s1. The Morgan fingerprint density at radius 3 is 2.95 bits per heavy atom. The molecule has 1 aromatic rings. The highest BCUT2D eigenvalue weighted by atomic mass is 16.5. The van der Waals surface area contributed by atoms with Crippen LogP contribution in [0.5, 0.6) is 5.75 Å². The van der Waals surface area contributed by atoms with Crippen LogP contribution in [0.2, 0.25) is 0 Å². The van der Waals surface area contributed by atoms with Crippen molar-refractivity contribution in [3.05, 3.63) is 24.3 Å². The maximum atomic E-state index is 12.0. The molecular weight excluding hydrogens is 248 g/mol. The molecule has 0 aliphatic carbocycles. The van der Waals surface area contributed by atoms with Gasteiger partial charge in [-0.2, -0.15) is 0 Å². The molecule has 6 heteroatoms. The Morgan fingerprint density at radius 2 is 2.21 bits per heavy atom. The summed E-state index contributed by atoms with van der Waals surface area (Å²) in [5, 5.41) is 5.66. The number of carbonyl (C=O) groups is 2. The summed E-state index contributed by atoms with van der Waals surface area (Å²) in [6.07, 6.45) is -0.665. The number of anilines is 1. The summed E-state index contributed by atoms with van der Waals surface area (Å²) in [7, 11) is 1.28. The summed E-state index contributed by atoms with van der Waals surface area (Å²) in [6.45, 7) is 1.92. The molecule has 1 aliphatic rings. The van der Waals surface area contributed by atoms with Crippen LogP contribution in [0.4, 0.5) is 5.69 Å². The first-order chi connectivity index (χ1) is 9.11. The molecule has 0 aromatic heterocycles. The zero-order valence-corrected chi connectivity index (χ0v) is 10.8. The lowest BCUT2D eigenvalue weighted by Crippen LogP contribution is -2.49. The van der Waals surface area contributed by atoms with Gasteiger partial charge in [-0.1, -0.05) is 12.1 Å². The minimum absolute atomic E-state index is 0.347. The summed E-state index contributed by atoms with van der Waals surface area (Å²) < 4.78 is 10.1. The molecule has 1 aliphatic heterocycles. The van der Waals surface area contributed by atoms with Gasteiger partial charge in [-0.15, -0.1) is 0 Å². The minimum atomic E-state index is -0.696. The van der Waals surface area contributed by atoms with Crippen LogP contribution in [0.15, 0.2) is 24.3 Å². The van der Waals surface area contributed by atoms with Crippen LogP contribution in [0.1, 0.15) is 6.92 Å². The van der Waals surface area contributed by atoms with E-state index in [1.807, 2.05) is 18.2 Å². The highest BCUT2D eigenvalue weighted by Gasteiger charge is 2.28. The fourth-order valence-electron chi connectivity index (χ4n) is 1.80. The number of hydrogen-bond donors (Lipinski definition) is 2. The number of rotatable bonds is 3. The first-order valence-corrected chi connectivity index (χ1v) is 5.99. The lowest BCUT2D eigenvalue weighted by molar-refractivity contribution is -0.145. The van der Waals surface area contributed by atoms with E-state index in [-0.39, 0.29) is 5.91 Å². The smallest absolute Gasteiger partial charge is 0.328 e. The van der Waals surface area contributed by atoms with Crippen molar-refractivity contribution in [2.24, 2.45) is 0 Å². The predicted molar refractivity (Wildman–Crippen MR) is 69.0 cm³/mol. The second-order valence-electron chi connectivity index (χ2n) is 4.24. The molecule has 102 valence electrons. The maximum absolute atomic E-state index is 12.0. The Labute approximate surface area is 111 Å². The quantitative estimate of drug-likeness (QED) is 0.779. The van der Waals surface area contributed by atoms with Gasteiger partial charge in [0.15, 0.2) is 6.10 Å². The van der Waals surface area contributed by atoms with Gasteiger partial charge in [0.1, 0.15) is 11.8 Å². The number of amides is 1. The van der Waals surface area contributed by atoms with Gasteiger partial charge in [-0.25, -0.2) is 4.79 Å². The number of nitrogens with one attached hydrogen (secondary N) is 2. The van der Waals surface area contributed by atoms with Crippen LogP contribution in [0.3, 0.4) is 0 Å². The van der Waals surface area contributed by atoms with E-state index in [2.05, 4.69) is 15.4 Å². The van der Waals surface area contributed by atoms with E-state index in [0.29, 0.717) is 12.3 Å². The van der Waals surface area contributed by atoms with Gasteiger partial charge in [-0.3, -0.25) is 4.79 Å². The first kappa shape index (κ1) is 13.2. The van der Waals surface area contributed by atoms with E-state index in [9.17, 15) is 9.59 Å². The molecule has 0 saturated heterocycles. The topological polar surface area (TPSA) is 76.7 Å². The van der Waals surface area contributed by atoms with Crippen molar-refractivity contribution in [3.63, 3.8) is 0 Å². The van der Waals surface area contributed by atoms with E-state index in [4.69, 9.17) is 4.74 Å². The first-order valence-electron chi connectivity index (χ1n) is 5.99. The number of methoxy groups -OCH3 is 1. The second-order valence-corrected chi connectivity index (χ2v) is 4.24. The molecule has 2 atom stereocenters. The second kappa shape index (κ2) is 5.60. The third-order valence-corrected chi connectivity index (χ3v) is 2.84. The van der Waals surface area contributed by atoms with Crippen molar-refractivity contribution < 1.29 is 19.1 Å². The summed E-state index contributed by atoms with van der Waals surface area (Å²) in [6, 6.07) is 6.68. The van der Waals surface area contributed by atoms with Crippen LogP contribution in [0, 0.1) is 0 Å². The molecule has 1 unspecified atom stereocenters. The van der Waals surface area contributed by atoms with Crippen molar-refractivity contribution in [1.82, 2.24) is 5.32 Å². The summed E-state index contributed by atoms with van der Waals surface area (Å²) in [4.78, 5) is 23.2. The number of fused-ring (bicyclic) bond motifs is 1. The Hall–Kier alpha value is -2.24. The van der Waals surface area contributed by atoms with Crippen LogP contribution in [-0.2, 0) is 14.3 Å². The van der Waals surface area contributed by atoms with Gasteiger partial charge in [0.25, 0.3) is 5.91 Å². The summed E-state index contributed by atoms with van der Waals surface area (Å²) in [5.74, 6) is -0.211. The predicted octanol–water partition coefficient (Wildman–Crippen LogP) is 0.537. The lowest BCUT2D eigenvalue weighted by atomic mass is 10.2. The van der Waals surface area contributed by atoms with E-state index in [1.165, 1.54) is 7.11 Å². The van der Waals surface area contributed by atoms with Gasteiger partial charge in [-0.05, 0) is 19.1 Å². The summed E-state index contributed by atoms with van der Waals surface area (Å²) >= 11 is 0. The Morgan fingerprint density at radius 1 is 1.47 bits per heavy atom. The molecule has 1 aromatic carbocycles. The van der Waals surface area contributed by atoms with Gasteiger partial charge < -0.3 is 20.1 Å². The van der Waals surface area contributed by atoms with E-state index in [1.54, 1.807) is 13.0 Å². The van der Waals surface area contributed by atoms with Crippen LogP contribution >= 0.6 is 0 Å². The van der Waals surface area contributed by atoms with E-state index < -0.39 is 18.1 Å². The zero-order valence-electron chi connectivity index (χ0n) is 10.8. The average molecular weight is 264 g/mol. The van der Waals surface area contributed by atoms with Crippen molar-refractivity contribution >= 4 is 17.6 Å². The van der Waals surface area contributed by atoms with Crippen molar-refractivity contribution in [2.75, 3.05) is 19.0 Å². The van der Waals surface area contributed by atoms with E-state index in [0.717, 1.165) is 5.69 Å². The van der Waals surface area contributed by atoms with Gasteiger partial charge in [0.2, 0.25) is 0 Å². The molecular formula is C13H16N2O4. The Kier molecular flexibility index (Phi) is 3.89. The molecule has 2 rings (SSSR count). The van der Waals surface area contributed by atoms with Crippen LogP contribution in [0.25, 0.3) is 0 Å². The maximum Gasteiger partial charge on any atom is 0.328 e. The molecule has 0 bridgehead atoms. The summed E-state index contributed by atoms with van der Waals surface area (Å²) in [5.41, 5.74) is 0.854. The van der Waals surface area contributed by atoms with Gasteiger partial charge in [0, 0.05) is 0 Å². The Balaban J connectivity index is 1.97.